The fourth-order valence-corrected chi connectivity index (χ4v) is 1.25. The van der Waals surface area contributed by atoms with E-state index in [0.717, 1.165) is 0 Å². The second-order valence-electron chi connectivity index (χ2n) is 2.60. The van der Waals surface area contributed by atoms with Gasteiger partial charge in [0.05, 0.1) is 12.1 Å². The van der Waals surface area contributed by atoms with Crippen LogP contribution in [-0.4, -0.2) is 33.6 Å². The first-order chi connectivity index (χ1) is 7.20. The van der Waals surface area contributed by atoms with E-state index in [1.54, 1.807) is 0 Å². The lowest BCUT2D eigenvalue weighted by atomic mass is 10.4. The van der Waals surface area contributed by atoms with Gasteiger partial charge in [-0.1, -0.05) is 11.6 Å². The molecule has 1 amide bonds. The van der Waals surface area contributed by atoms with Gasteiger partial charge in [-0.2, -0.15) is 10.3 Å². The minimum absolute atomic E-state index is 0.258. The van der Waals surface area contributed by atoms with Crippen molar-refractivity contribution in [1.82, 2.24) is 20.4 Å². The summed E-state index contributed by atoms with van der Waals surface area (Å²) in [6.45, 7) is 0. The maximum Gasteiger partial charge on any atom is 0.412 e. The molecule has 2 aromatic heterocycles. The van der Waals surface area contributed by atoms with Gasteiger partial charge in [0.25, 0.3) is 0 Å². The van der Waals surface area contributed by atoms with Gasteiger partial charge in [0.15, 0.2) is 5.52 Å². The van der Waals surface area contributed by atoms with Crippen molar-refractivity contribution in [3.05, 3.63) is 11.1 Å². The number of nitrogens with zero attached hydrogens (tertiary/aromatic N) is 3. The Balaban J connectivity index is 2.40. The van der Waals surface area contributed by atoms with Gasteiger partial charge < -0.3 is 4.74 Å². The number of H-pyrrole nitrogens is 1. The Kier molecular flexibility index (Phi) is 2.38. The lowest BCUT2D eigenvalue weighted by Crippen LogP contribution is -2.12. The predicted octanol–water partition coefficient (Wildman–Crippen LogP) is 1.18. The van der Waals surface area contributed by atoms with E-state index in [-0.39, 0.29) is 5.82 Å². The Bertz CT molecular complexity index is 511. The van der Waals surface area contributed by atoms with Crippen LogP contribution < -0.4 is 5.32 Å². The molecule has 78 valence electrons. The molecule has 0 radical (unpaired) electrons. The van der Waals surface area contributed by atoms with E-state index in [9.17, 15) is 4.79 Å². The number of hydrogen-bond acceptors (Lipinski definition) is 5. The summed E-state index contributed by atoms with van der Waals surface area (Å²) in [7, 11) is 1.26. The molecule has 0 aliphatic rings. The Hall–Kier alpha value is -1.89. The standard InChI is InChI=1S/C7H6ClN5O2/c1-15-7(14)10-4-2-3(8)5-6(9-4)12-13-11-5/h2H,1H3,(H2,9,10,11,12,13,14). The minimum atomic E-state index is -0.624. The SMILES string of the molecule is COC(=O)Nc1cc(Cl)c2n[nH]nc2n1. The van der Waals surface area contributed by atoms with E-state index in [2.05, 4.69) is 30.4 Å². The molecule has 8 heteroatoms. The molecule has 2 heterocycles. The van der Waals surface area contributed by atoms with Crippen LogP contribution in [0.4, 0.5) is 10.6 Å². The number of rotatable bonds is 1. The summed E-state index contributed by atoms with van der Waals surface area (Å²) in [6, 6.07) is 1.46. The van der Waals surface area contributed by atoms with E-state index in [1.165, 1.54) is 13.2 Å². The lowest BCUT2D eigenvalue weighted by molar-refractivity contribution is 0.187. The number of anilines is 1. The zero-order valence-corrected chi connectivity index (χ0v) is 8.37. The number of carbonyl (C=O) groups excluding carboxylic acids is 1. The van der Waals surface area contributed by atoms with Crippen LogP contribution in [0.3, 0.4) is 0 Å². The second-order valence-corrected chi connectivity index (χ2v) is 3.01. The van der Waals surface area contributed by atoms with Crippen molar-refractivity contribution in [3.8, 4) is 0 Å². The number of aromatic nitrogens is 4. The van der Waals surface area contributed by atoms with E-state index in [4.69, 9.17) is 11.6 Å². The Morgan fingerprint density at radius 2 is 2.40 bits per heavy atom. The van der Waals surface area contributed by atoms with Gasteiger partial charge in [-0.3, -0.25) is 5.32 Å². The monoisotopic (exact) mass is 227 g/mol. The van der Waals surface area contributed by atoms with E-state index >= 15 is 0 Å². The van der Waals surface area contributed by atoms with E-state index in [0.29, 0.717) is 16.2 Å². The maximum atomic E-state index is 10.9. The fraction of sp³-hybridized carbons (Fsp3) is 0.143. The molecule has 15 heavy (non-hydrogen) atoms. The average Bonchev–Trinajstić information content (AvgIpc) is 2.66. The highest BCUT2D eigenvalue weighted by Gasteiger charge is 2.09. The van der Waals surface area contributed by atoms with Gasteiger partial charge in [0.1, 0.15) is 5.82 Å². The van der Waals surface area contributed by atoms with Gasteiger partial charge in [0.2, 0.25) is 5.65 Å². The smallest absolute Gasteiger partial charge is 0.412 e. The molecule has 7 nitrogen and oxygen atoms in total. The number of fused-ring (bicyclic) bond motifs is 1. The van der Waals surface area contributed by atoms with Crippen LogP contribution in [0.1, 0.15) is 0 Å². The molecule has 0 spiro atoms. The normalized spacial score (nSPS) is 10.3. The highest BCUT2D eigenvalue weighted by Crippen LogP contribution is 2.21. The Morgan fingerprint density at radius 3 is 3.13 bits per heavy atom. The van der Waals surface area contributed by atoms with Crippen molar-refractivity contribution in [2.45, 2.75) is 0 Å². The number of methoxy groups -OCH3 is 1. The van der Waals surface area contributed by atoms with Crippen LogP contribution in [0.25, 0.3) is 11.2 Å². The third kappa shape index (κ3) is 1.82. The van der Waals surface area contributed by atoms with Crippen LogP contribution in [0.2, 0.25) is 5.02 Å². The van der Waals surface area contributed by atoms with Crippen LogP contribution in [0.15, 0.2) is 6.07 Å². The van der Waals surface area contributed by atoms with Crippen LogP contribution >= 0.6 is 11.6 Å². The van der Waals surface area contributed by atoms with Crippen molar-refractivity contribution < 1.29 is 9.53 Å². The van der Waals surface area contributed by atoms with Crippen molar-refractivity contribution >= 4 is 34.7 Å². The van der Waals surface area contributed by atoms with Crippen LogP contribution in [-0.2, 0) is 4.74 Å². The summed E-state index contributed by atoms with van der Waals surface area (Å²) in [5, 5.41) is 12.6. The second kappa shape index (κ2) is 3.70. The molecule has 0 unspecified atom stereocenters. The molecule has 2 N–H and O–H groups in total. The molecule has 0 atom stereocenters. The minimum Gasteiger partial charge on any atom is -0.453 e. The summed E-state index contributed by atoms with van der Waals surface area (Å²) < 4.78 is 4.41. The van der Waals surface area contributed by atoms with Gasteiger partial charge in [0, 0.05) is 6.07 Å². The molecule has 0 aliphatic carbocycles. The largest absolute Gasteiger partial charge is 0.453 e. The number of amides is 1. The Labute approximate surface area is 88.8 Å². The van der Waals surface area contributed by atoms with Gasteiger partial charge >= 0.3 is 6.09 Å². The van der Waals surface area contributed by atoms with Crippen molar-refractivity contribution in [2.24, 2.45) is 0 Å². The number of aromatic amines is 1. The summed E-state index contributed by atoms with van der Waals surface area (Å²) in [6.07, 6.45) is -0.624. The first-order valence-electron chi connectivity index (χ1n) is 3.92. The molecule has 0 aliphatic heterocycles. The number of pyridine rings is 1. The predicted molar refractivity (Wildman–Crippen MR) is 52.7 cm³/mol. The quantitative estimate of drug-likeness (QED) is 0.763. The fourth-order valence-electron chi connectivity index (χ4n) is 1.02. The molecule has 2 rings (SSSR count). The molecule has 0 fully saturated rings. The summed E-state index contributed by atoms with van der Waals surface area (Å²) >= 11 is 5.88. The van der Waals surface area contributed by atoms with Crippen molar-refractivity contribution in [2.75, 3.05) is 12.4 Å². The number of carbonyl (C=O) groups is 1. The molecular weight excluding hydrogens is 222 g/mol. The number of halogens is 1. The highest BCUT2D eigenvalue weighted by atomic mass is 35.5. The Morgan fingerprint density at radius 1 is 1.60 bits per heavy atom. The van der Waals surface area contributed by atoms with Crippen molar-refractivity contribution in [1.29, 1.82) is 0 Å². The topological polar surface area (TPSA) is 92.8 Å². The summed E-state index contributed by atoms with van der Waals surface area (Å²) in [5.74, 6) is 0.258. The number of nitrogens with one attached hydrogen (secondary N) is 2. The third-order valence-electron chi connectivity index (χ3n) is 1.66. The first kappa shape index (κ1) is 9.66. The zero-order chi connectivity index (χ0) is 10.8. The highest BCUT2D eigenvalue weighted by molar-refractivity contribution is 6.35. The maximum absolute atomic E-state index is 10.9. The average molecular weight is 228 g/mol. The number of ether oxygens (including phenoxy) is 1. The lowest BCUT2D eigenvalue weighted by Gasteiger charge is -2.02. The van der Waals surface area contributed by atoms with Crippen LogP contribution in [0, 0.1) is 0 Å². The number of hydrogen-bond donors (Lipinski definition) is 2. The van der Waals surface area contributed by atoms with Crippen LogP contribution in [0.5, 0.6) is 0 Å². The zero-order valence-electron chi connectivity index (χ0n) is 7.61. The van der Waals surface area contributed by atoms with Gasteiger partial charge in [-0.15, -0.1) is 5.10 Å². The van der Waals surface area contributed by atoms with Gasteiger partial charge in [-0.25, -0.2) is 9.78 Å². The molecule has 0 aromatic carbocycles. The molecule has 0 bridgehead atoms. The molecule has 0 saturated heterocycles. The molecule has 0 saturated carbocycles. The third-order valence-corrected chi connectivity index (χ3v) is 1.95. The summed E-state index contributed by atoms with van der Waals surface area (Å²) in [4.78, 5) is 14.9. The van der Waals surface area contributed by atoms with Gasteiger partial charge in [-0.05, 0) is 0 Å². The molecular formula is C7H6ClN5O2. The first-order valence-corrected chi connectivity index (χ1v) is 4.30. The van der Waals surface area contributed by atoms with E-state index < -0.39 is 6.09 Å². The molecule has 2 aromatic rings. The summed E-state index contributed by atoms with van der Waals surface area (Å²) in [5.41, 5.74) is 0.779. The van der Waals surface area contributed by atoms with Crippen molar-refractivity contribution in [3.63, 3.8) is 0 Å². The van der Waals surface area contributed by atoms with E-state index in [1.807, 2.05) is 0 Å².